The first-order chi connectivity index (χ1) is 13.4. The average molecular weight is 383 g/mol. The van der Waals surface area contributed by atoms with Crippen molar-refractivity contribution in [1.29, 1.82) is 0 Å². The number of hydrogen-bond donors (Lipinski definition) is 0. The Hall–Kier alpha value is -2.90. The van der Waals surface area contributed by atoms with Gasteiger partial charge in [-0.05, 0) is 45.7 Å². The number of aryl methyl sites for hydroxylation is 4. The third-order valence-electron chi connectivity index (χ3n) is 5.67. The van der Waals surface area contributed by atoms with E-state index in [4.69, 9.17) is 8.94 Å². The molecule has 4 rings (SSSR count). The molecule has 1 unspecified atom stereocenters. The molecule has 8 heteroatoms. The van der Waals surface area contributed by atoms with Crippen molar-refractivity contribution in [3.05, 3.63) is 52.3 Å². The highest BCUT2D eigenvalue weighted by Gasteiger charge is 2.27. The number of amides is 1. The highest BCUT2D eigenvalue weighted by molar-refractivity contribution is 5.91. The minimum atomic E-state index is -0.0931. The zero-order valence-electron chi connectivity index (χ0n) is 16.7. The van der Waals surface area contributed by atoms with E-state index in [1.165, 1.54) is 0 Å². The SMILES string of the molecule is Cc1noc(C)c1Cc1ccc(C(=O)N(C)C2CCc3nnc(C)n3CC2)o1. The molecule has 28 heavy (non-hydrogen) atoms. The minimum absolute atomic E-state index is 0.0931. The molecule has 1 aliphatic heterocycles. The summed E-state index contributed by atoms with van der Waals surface area (Å²) in [6, 6.07) is 3.75. The summed E-state index contributed by atoms with van der Waals surface area (Å²) in [5.74, 6) is 3.71. The van der Waals surface area contributed by atoms with E-state index in [0.29, 0.717) is 12.2 Å². The first kappa shape index (κ1) is 18.5. The van der Waals surface area contributed by atoms with Gasteiger partial charge in [0, 0.05) is 38.0 Å². The molecule has 3 aromatic heterocycles. The molecule has 1 atom stereocenters. The van der Waals surface area contributed by atoms with Gasteiger partial charge in [-0.1, -0.05) is 5.16 Å². The van der Waals surface area contributed by atoms with Gasteiger partial charge in [-0.25, -0.2) is 0 Å². The number of carbonyl (C=O) groups excluding carboxylic acids is 1. The van der Waals surface area contributed by atoms with Gasteiger partial charge in [0.1, 0.15) is 23.2 Å². The Morgan fingerprint density at radius 2 is 2.07 bits per heavy atom. The molecule has 4 heterocycles. The third-order valence-corrected chi connectivity index (χ3v) is 5.67. The van der Waals surface area contributed by atoms with Crippen LogP contribution in [0.15, 0.2) is 21.1 Å². The van der Waals surface area contributed by atoms with Gasteiger partial charge in [-0.15, -0.1) is 10.2 Å². The van der Waals surface area contributed by atoms with Gasteiger partial charge in [0.25, 0.3) is 5.91 Å². The molecule has 0 radical (unpaired) electrons. The van der Waals surface area contributed by atoms with Crippen molar-refractivity contribution in [3.8, 4) is 0 Å². The minimum Gasteiger partial charge on any atom is -0.456 e. The van der Waals surface area contributed by atoms with E-state index < -0.39 is 0 Å². The molecule has 1 aliphatic rings. The van der Waals surface area contributed by atoms with E-state index in [1.54, 1.807) is 11.0 Å². The van der Waals surface area contributed by atoms with E-state index in [-0.39, 0.29) is 11.9 Å². The Morgan fingerprint density at radius 1 is 1.25 bits per heavy atom. The predicted octanol–water partition coefficient (Wildman–Crippen LogP) is 2.85. The summed E-state index contributed by atoms with van der Waals surface area (Å²) in [6.07, 6.45) is 3.13. The lowest BCUT2D eigenvalue weighted by molar-refractivity contribution is 0.0682. The molecule has 0 saturated carbocycles. The molecule has 0 aliphatic carbocycles. The molecule has 0 bridgehead atoms. The Balaban J connectivity index is 1.44. The van der Waals surface area contributed by atoms with Crippen LogP contribution >= 0.6 is 0 Å². The summed E-state index contributed by atoms with van der Waals surface area (Å²) >= 11 is 0. The van der Waals surface area contributed by atoms with E-state index in [2.05, 4.69) is 19.9 Å². The highest BCUT2D eigenvalue weighted by Crippen LogP contribution is 2.23. The molecule has 1 amide bonds. The lowest BCUT2D eigenvalue weighted by atomic mass is 10.1. The second kappa shape index (κ2) is 7.26. The first-order valence-electron chi connectivity index (χ1n) is 9.60. The molecule has 0 aromatic carbocycles. The van der Waals surface area contributed by atoms with Crippen LogP contribution in [0.2, 0.25) is 0 Å². The Labute approximate surface area is 163 Å². The van der Waals surface area contributed by atoms with Crippen molar-refractivity contribution in [3.63, 3.8) is 0 Å². The van der Waals surface area contributed by atoms with Gasteiger partial charge in [0.2, 0.25) is 0 Å². The van der Waals surface area contributed by atoms with Crippen molar-refractivity contribution >= 4 is 5.91 Å². The number of hydrogen-bond acceptors (Lipinski definition) is 6. The lowest BCUT2D eigenvalue weighted by Crippen LogP contribution is -2.37. The molecule has 0 N–H and O–H groups in total. The van der Waals surface area contributed by atoms with Crippen LogP contribution in [0.5, 0.6) is 0 Å². The molecule has 3 aromatic rings. The standard InChI is InChI=1S/C20H25N5O3/c1-12-17(13(2)28-23-12)11-16-6-7-18(27-16)20(26)24(4)15-5-8-19-22-21-14(3)25(19)10-9-15/h6-7,15H,5,8-11H2,1-4H3. The zero-order valence-corrected chi connectivity index (χ0v) is 16.7. The normalized spacial score (nSPS) is 16.6. The fourth-order valence-corrected chi connectivity index (χ4v) is 3.86. The topological polar surface area (TPSA) is 90.2 Å². The molecule has 8 nitrogen and oxygen atoms in total. The summed E-state index contributed by atoms with van der Waals surface area (Å²) in [4.78, 5) is 14.7. The largest absolute Gasteiger partial charge is 0.456 e. The van der Waals surface area contributed by atoms with Crippen LogP contribution in [0, 0.1) is 20.8 Å². The zero-order chi connectivity index (χ0) is 19.8. The third kappa shape index (κ3) is 3.34. The van der Waals surface area contributed by atoms with Crippen molar-refractivity contribution in [2.75, 3.05) is 7.05 Å². The Kier molecular flexibility index (Phi) is 4.78. The quantitative estimate of drug-likeness (QED) is 0.688. The fraction of sp³-hybridized carbons (Fsp3) is 0.500. The molecular formula is C20H25N5O3. The maximum Gasteiger partial charge on any atom is 0.289 e. The van der Waals surface area contributed by atoms with Crippen LogP contribution in [0.4, 0.5) is 0 Å². The summed E-state index contributed by atoms with van der Waals surface area (Å²) < 4.78 is 13.2. The van der Waals surface area contributed by atoms with Gasteiger partial charge in [0.05, 0.1) is 5.69 Å². The van der Waals surface area contributed by atoms with Gasteiger partial charge in [-0.3, -0.25) is 4.79 Å². The lowest BCUT2D eigenvalue weighted by Gasteiger charge is -2.26. The first-order valence-corrected chi connectivity index (χ1v) is 9.60. The molecule has 0 spiro atoms. The van der Waals surface area contributed by atoms with Crippen LogP contribution in [-0.2, 0) is 19.4 Å². The second-order valence-corrected chi connectivity index (χ2v) is 7.46. The summed E-state index contributed by atoms with van der Waals surface area (Å²) in [7, 11) is 1.85. The molecule has 0 saturated heterocycles. The highest BCUT2D eigenvalue weighted by atomic mass is 16.5. The number of furan rings is 1. The number of aromatic nitrogens is 4. The van der Waals surface area contributed by atoms with Crippen LogP contribution in [0.1, 0.15) is 57.8 Å². The monoisotopic (exact) mass is 383 g/mol. The van der Waals surface area contributed by atoms with Crippen molar-refractivity contribution in [2.24, 2.45) is 0 Å². The number of nitrogens with zero attached hydrogens (tertiary/aromatic N) is 5. The summed E-state index contributed by atoms with van der Waals surface area (Å²) in [5.41, 5.74) is 1.85. The van der Waals surface area contributed by atoms with Gasteiger partial charge < -0.3 is 18.4 Å². The van der Waals surface area contributed by atoms with E-state index in [9.17, 15) is 4.79 Å². The van der Waals surface area contributed by atoms with E-state index >= 15 is 0 Å². The van der Waals surface area contributed by atoms with Crippen LogP contribution in [0.25, 0.3) is 0 Å². The van der Waals surface area contributed by atoms with E-state index in [0.717, 1.165) is 60.2 Å². The second-order valence-electron chi connectivity index (χ2n) is 7.46. The van der Waals surface area contributed by atoms with Crippen molar-refractivity contribution < 1.29 is 13.7 Å². The molecular weight excluding hydrogens is 358 g/mol. The van der Waals surface area contributed by atoms with Crippen LogP contribution < -0.4 is 0 Å². The molecule has 0 fully saturated rings. The number of fused-ring (bicyclic) bond motifs is 1. The predicted molar refractivity (Wildman–Crippen MR) is 101 cm³/mol. The molecule has 148 valence electrons. The summed E-state index contributed by atoms with van der Waals surface area (Å²) in [6.45, 7) is 6.58. The summed E-state index contributed by atoms with van der Waals surface area (Å²) in [5, 5.41) is 12.4. The maximum absolute atomic E-state index is 13.0. The fourth-order valence-electron chi connectivity index (χ4n) is 3.86. The number of rotatable bonds is 4. The smallest absolute Gasteiger partial charge is 0.289 e. The average Bonchev–Trinajstić information content (AvgIpc) is 3.33. The van der Waals surface area contributed by atoms with Crippen LogP contribution in [-0.4, -0.2) is 43.8 Å². The van der Waals surface area contributed by atoms with Gasteiger partial charge in [0.15, 0.2) is 5.76 Å². The van der Waals surface area contributed by atoms with Gasteiger partial charge in [-0.2, -0.15) is 0 Å². The van der Waals surface area contributed by atoms with E-state index in [1.807, 2.05) is 33.9 Å². The van der Waals surface area contributed by atoms with Crippen molar-refractivity contribution in [2.45, 2.75) is 59.0 Å². The Morgan fingerprint density at radius 3 is 2.82 bits per heavy atom. The van der Waals surface area contributed by atoms with Gasteiger partial charge >= 0.3 is 0 Å². The Bertz CT molecular complexity index is 980. The maximum atomic E-state index is 13.0. The van der Waals surface area contributed by atoms with Crippen molar-refractivity contribution in [1.82, 2.24) is 24.8 Å². The number of carbonyl (C=O) groups is 1. The van der Waals surface area contributed by atoms with Crippen LogP contribution in [0.3, 0.4) is 0 Å².